The van der Waals surface area contributed by atoms with E-state index in [1.54, 1.807) is 22.1 Å². The Morgan fingerprint density at radius 2 is 1.89 bits per heavy atom. The zero-order valence-electron chi connectivity index (χ0n) is 15.8. The van der Waals surface area contributed by atoms with E-state index in [2.05, 4.69) is 4.98 Å². The molecule has 3 heterocycles. The summed E-state index contributed by atoms with van der Waals surface area (Å²) in [5.41, 5.74) is 1.61. The number of amides is 2. The first kappa shape index (κ1) is 19.8. The van der Waals surface area contributed by atoms with Crippen molar-refractivity contribution in [3.05, 3.63) is 29.6 Å². The minimum absolute atomic E-state index is 0.0715. The molecule has 1 aromatic heterocycles. The van der Waals surface area contributed by atoms with Gasteiger partial charge in [0, 0.05) is 52.4 Å². The van der Waals surface area contributed by atoms with Gasteiger partial charge < -0.3 is 9.80 Å². The molecule has 1 fully saturated rings. The summed E-state index contributed by atoms with van der Waals surface area (Å²) in [6.07, 6.45) is 2.24. The quantitative estimate of drug-likeness (QED) is 0.738. The largest absolute Gasteiger partial charge is 0.339 e. The maximum absolute atomic E-state index is 13.1. The van der Waals surface area contributed by atoms with Crippen molar-refractivity contribution >= 4 is 21.8 Å². The van der Waals surface area contributed by atoms with Crippen LogP contribution < -0.4 is 0 Å². The Hall–Kier alpha value is -2.00. The van der Waals surface area contributed by atoms with Crippen molar-refractivity contribution in [1.29, 1.82) is 0 Å². The van der Waals surface area contributed by atoms with E-state index in [0.29, 0.717) is 45.7 Å². The first-order valence-corrected chi connectivity index (χ1v) is 10.9. The van der Waals surface area contributed by atoms with Crippen LogP contribution in [-0.2, 0) is 26.2 Å². The van der Waals surface area contributed by atoms with Gasteiger partial charge in [0.2, 0.25) is 21.8 Å². The van der Waals surface area contributed by atoms with E-state index in [4.69, 9.17) is 0 Å². The summed E-state index contributed by atoms with van der Waals surface area (Å²) in [4.78, 5) is 32.8. The molecule has 0 aromatic carbocycles. The van der Waals surface area contributed by atoms with E-state index in [0.717, 1.165) is 11.3 Å². The van der Waals surface area contributed by atoms with Gasteiger partial charge in [-0.1, -0.05) is 13.0 Å². The third-order valence-electron chi connectivity index (χ3n) is 5.17. The average molecular weight is 394 g/mol. The van der Waals surface area contributed by atoms with Gasteiger partial charge in [0.25, 0.3) is 0 Å². The van der Waals surface area contributed by atoms with Crippen molar-refractivity contribution in [3.63, 3.8) is 0 Å². The molecule has 2 amide bonds. The molecular weight excluding hydrogens is 368 g/mol. The third kappa shape index (κ3) is 4.14. The predicted molar refractivity (Wildman–Crippen MR) is 100 cm³/mol. The van der Waals surface area contributed by atoms with Gasteiger partial charge in [-0.2, -0.15) is 4.31 Å². The number of carbonyl (C=O) groups excluding carboxylic acids is 2. The summed E-state index contributed by atoms with van der Waals surface area (Å²) in [6, 6.07) is 3.70. The summed E-state index contributed by atoms with van der Waals surface area (Å²) >= 11 is 0. The van der Waals surface area contributed by atoms with Crippen molar-refractivity contribution in [1.82, 2.24) is 19.1 Å². The molecule has 1 atom stereocenters. The number of hydrogen-bond donors (Lipinski definition) is 0. The highest BCUT2D eigenvalue weighted by molar-refractivity contribution is 7.89. The SMILES string of the molecule is CCCS(=O)(=O)N1CCN(C(=O)C2CN(C(C)=O)Cc3cccnc32)CC1. The predicted octanol–water partition coefficient (Wildman–Crippen LogP) is 0.411. The summed E-state index contributed by atoms with van der Waals surface area (Å²) in [5, 5.41) is 0. The number of sulfonamides is 1. The normalized spacial score (nSPS) is 21.0. The second kappa shape index (κ2) is 7.93. The number of pyridine rings is 1. The molecule has 0 bridgehead atoms. The van der Waals surface area contributed by atoms with Gasteiger partial charge in [-0.15, -0.1) is 0 Å². The number of fused-ring (bicyclic) bond motifs is 1. The van der Waals surface area contributed by atoms with Gasteiger partial charge >= 0.3 is 0 Å². The van der Waals surface area contributed by atoms with Gasteiger partial charge in [-0.25, -0.2) is 8.42 Å². The molecule has 148 valence electrons. The van der Waals surface area contributed by atoms with Crippen molar-refractivity contribution in [2.24, 2.45) is 0 Å². The Kier molecular flexibility index (Phi) is 5.81. The van der Waals surface area contributed by atoms with Crippen molar-refractivity contribution in [2.45, 2.75) is 32.7 Å². The fraction of sp³-hybridized carbons (Fsp3) is 0.611. The van der Waals surface area contributed by atoms with Crippen molar-refractivity contribution in [2.75, 3.05) is 38.5 Å². The molecule has 1 unspecified atom stereocenters. The van der Waals surface area contributed by atoms with Crippen LogP contribution in [0.15, 0.2) is 18.3 Å². The molecule has 0 aliphatic carbocycles. The van der Waals surface area contributed by atoms with Gasteiger partial charge in [0.15, 0.2) is 0 Å². The van der Waals surface area contributed by atoms with Crippen molar-refractivity contribution < 1.29 is 18.0 Å². The highest BCUT2D eigenvalue weighted by Gasteiger charge is 2.37. The van der Waals surface area contributed by atoms with Crippen LogP contribution in [0.25, 0.3) is 0 Å². The topological polar surface area (TPSA) is 90.9 Å². The van der Waals surface area contributed by atoms with Crippen LogP contribution in [0, 0.1) is 0 Å². The van der Waals surface area contributed by atoms with Gasteiger partial charge in [0.1, 0.15) is 0 Å². The lowest BCUT2D eigenvalue weighted by molar-refractivity contribution is -0.137. The van der Waals surface area contributed by atoms with E-state index in [-0.39, 0.29) is 17.6 Å². The molecule has 0 spiro atoms. The molecule has 0 saturated carbocycles. The minimum Gasteiger partial charge on any atom is -0.339 e. The molecule has 1 saturated heterocycles. The minimum atomic E-state index is -3.25. The maximum Gasteiger partial charge on any atom is 0.233 e. The Morgan fingerprint density at radius 1 is 1.19 bits per heavy atom. The zero-order chi connectivity index (χ0) is 19.6. The third-order valence-corrected chi connectivity index (χ3v) is 7.25. The van der Waals surface area contributed by atoms with Crippen LogP contribution in [0.5, 0.6) is 0 Å². The van der Waals surface area contributed by atoms with Gasteiger partial charge in [0.05, 0.1) is 17.4 Å². The van der Waals surface area contributed by atoms with Crippen LogP contribution in [-0.4, -0.2) is 77.8 Å². The summed E-state index contributed by atoms with van der Waals surface area (Å²) in [6.45, 7) is 5.46. The maximum atomic E-state index is 13.1. The second-order valence-electron chi connectivity index (χ2n) is 7.04. The molecule has 2 aliphatic heterocycles. The van der Waals surface area contributed by atoms with Gasteiger partial charge in [-0.05, 0) is 18.1 Å². The lowest BCUT2D eigenvalue weighted by Gasteiger charge is -2.38. The number of hydrogen-bond acceptors (Lipinski definition) is 5. The smallest absolute Gasteiger partial charge is 0.233 e. The molecule has 0 radical (unpaired) electrons. The monoisotopic (exact) mass is 394 g/mol. The molecule has 1 aromatic rings. The molecule has 27 heavy (non-hydrogen) atoms. The molecular formula is C18H26N4O4S. The fourth-order valence-electron chi connectivity index (χ4n) is 3.70. The second-order valence-corrected chi connectivity index (χ2v) is 9.13. The van der Waals surface area contributed by atoms with E-state index >= 15 is 0 Å². The number of aromatic nitrogens is 1. The number of rotatable bonds is 4. The Morgan fingerprint density at radius 3 is 2.52 bits per heavy atom. The van der Waals surface area contributed by atoms with Crippen LogP contribution in [0.3, 0.4) is 0 Å². The van der Waals surface area contributed by atoms with Gasteiger partial charge in [-0.3, -0.25) is 14.6 Å². The van der Waals surface area contributed by atoms with Crippen molar-refractivity contribution in [3.8, 4) is 0 Å². The first-order chi connectivity index (χ1) is 12.8. The highest BCUT2D eigenvalue weighted by Crippen LogP contribution is 2.28. The molecule has 3 rings (SSSR count). The Labute approximate surface area is 160 Å². The number of piperazine rings is 1. The Bertz CT molecular complexity index is 818. The van der Waals surface area contributed by atoms with E-state index in [1.165, 1.54) is 11.2 Å². The number of carbonyl (C=O) groups is 2. The lowest BCUT2D eigenvalue weighted by Crippen LogP contribution is -2.53. The van der Waals surface area contributed by atoms with E-state index < -0.39 is 15.9 Å². The molecule has 8 nitrogen and oxygen atoms in total. The van der Waals surface area contributed by atoms with Crippen LogP contribution in [0.2, 0.25) is 0 Å². The molecule has 9 heteroatoms. The highest BCUT2D eigenvalue weighted by atomic mass is 32.2. The lowest BCUT2D eigenvalue weighted by atomic mass is 9.93. The summed E-state index contributed by atoms with van der Waals surface area (Å²) < 4.78 is 25.9. The van der Waals surface area contributed by atoms with Crippen LogP contribution in [0.1, 0.15) is 37.4 Å². The Balaban J connectivity index is 1.74. The van der Waals surface area contributed by atoms with E-state index in [9.17, 15) is 18.0 Å². The zero-order valence-corrected chi connectivity index (χ0v) is 16.6. The standard InChI is InChI=1S/C18H26N4O4S/c1-3-11-27(25,26)22-9-7-20(8-10-22)18(24)16-13-21(14(2)23)12-15-5-4-6-19-17(15)16/h4-6,16H,3,7-13H2,1-2H3. The fourth-order valence-corrected chi connectivity index (χ4v) is 5.20. The first-order valence-electron chi connectivity index (χ1n) is 9.29. The molecule has 0 N–H and O–H groups in total. The van der Waals surface area contributed by atoms with E-state index in [1.807, 2.05) is 13.0 Å². The summed E-state index contributed by atoms with van der Waals surface area (Å²) in [7, 11) is -3.25. The average Bonchev–Trinajstić information content (AvgIpc) is 2.66. The number of nitrogens with zero attached hydrogens (tertiary/aromatic N) is 4. The molecule has 2 aliphatic rings. The summed E-state index contributed by atoms with van der Waals surface area (Å²) in [5.74, 6) is -0.530. The van der Waals surface area contributed by atoms with Crippen LogP contribution in [0.4, 0.5) is 0 Å². The van der Waals surface area contributed by atoms with Crippen LogP contribution >= 0.6 is 0 Å².